The molecule has 4 saturated carbocycles. The Morgan fingerprint density at radius 3 is 2.38 bits per heavy atom. The Bertz CT molecular complexity index is 1550. The summed E-state index contributed by atoms with van der Waals surface area (Å²) in [6, 6.07) is 6.10. The molecule has 1 aromatic heterocycles. The minimum atomic E-state index is -1.15. The van der Waals surface area contributed by atoms with Gasteiger partial charge >= 0.3 is 11.9 Å². The molecule has 5 aliphatic carbocycles. The van der Waals surface area contributed by atoms with Crippen LogP contribution in [0, 0.1) is 56.7 Å². The van der Waals surface area contributed by atoms with E-state index in [0.717, 1.165) is 75.8 Å². The summed E-state index contributed by atoms with van der Waals surface area (Å²) in [6.07, 6.45) is 11.9. The van der Waals surface area contributed by atoms with Gasteiger partial charge in [-0.25, -0.2) is 0 Å². The molecule has 288 valence electrons. The highest BCUT2D eigenvalue weighted by Crippen LogP contribution is 2.73. The second-order valence-corrected chi connectivity index (χ2v) is 19.7. The first kappa shape index (κ1) is 39.1. The molecular formula is C44H67N3O5. The van der Waals surface area contributed by atoms with Crippen molar-refractivity contribution in [2.24, 2.45) is 62.4 Å². The highest BCUT2D eigenvalue weighted by atomic mass is 16.5. The Labute approximate surface area is 313 Å². The van der Waals surface area contributed by atoms with E-state index in [9.17, 15) is 19.5 Å². The lowest BCUT2D eigenvalue weighted by Crippen LogP contribution is -2.63. The molecule has 8 unspecified atom stereocenters. The van der Waals surface area contributed by atoms with Gasteiger partial charge in [-0.3, -0.25) is 24.3 Å². The van der Waals surface area contributed by atoms with E-state index in [1.807, 2.05) is 18.3 Å². The molecule has 0 amide bonds. The molecule has 5 aliphatic rings. The normalized spacial score (nSPS) is 35.5. The third kappa shape index (κ3) is 6.71. The van der Waals surface area contributed by atoms with E-state index >= 15 is 0 Å². The summed E-state index contributed by atoms with van der Waals surface area (Å²) in [7, 11) is 0. The summed E-state index contributed by atoms with van der Waals surface area (Å²) in [6.45, 7) is 20.5. The first-order chi connectivity index (χ1) is 24.4. The van der Waals surface area contributed by atoms with Gasteiger partial charge in [0.1, 0.15) is 6.10 Å². The van der Waals surface area contributed by atoms with Crippen LogP contribution in [0.15, 0.2) is 35.5 Å². The van der Waals surface area contributed by atoms with Crippen molar-refractivity contribution in [1.82, 2.24) is 9.88 Å². The topological polar surface area (TPSA) is 123 Å². The molecule has 0 radical (unpaired) electrons. The van der Waals surface area contributed by atoms with Crippen molar-refractivity contribution in [3.8, 4) is 0 Å². The van der Waals surface area contributed by atoms with Crippen molar-refractivity contribution in [3.05, 3.63) is 41.2 Å². The van der Waals surface area contributed by atoms with Gasteiger partial charge < -0.3 is 15.6 Å². The molecule has 1 aromatic rings. The summed E-state index contributed by atoms with van der Waals surface area (Å²) in [5.74, 6) is 1.27. The summed E-state index contributed by atoms with van der Waals surface area (Å²) in [5.41, 5.74) is 8.79. The summed E-state index contributed by atoms with van der Waals surface area (Å²) < 4.78 is 6.17. The minimum Gasteiger partial charge on any atom is -0.481 e. The number of Topliss-reactive ketones (excluding diaryl/α,β-unsaturated/α-hetero) is 1. The fourth-order valence-corrected chi connectivity index (χ4v) is 13.1. The number of carbonyl (C=O) groups excluding carboxylic acids is 2. The number of rotatable bonds is 12. The number of ketones is 1. The van der Waals surface area contributed by atoms with Crippen molar-refractivity contribution in [2.75, 3.05) is 19.6 Å². The van der Waals surface area contributed by atoms with Crippen molar-refractivity contribution >= 4 is 17.7 Å². The van der Waals surface area contributed by atoms with Crippen LogP contribution in [0.4, 0.5) is 0 Å². The highest BCUT2D eigenvalue weighted by molar-refractivity contribution is 6.00. The highest BCUT2D eigenvalue weighted by Gasteiger charge is 2.66. The van der Waals surface area contributed by atoms with Crippen LogP contribution >= 0.6 is 0 Å². The standard InChI is InChI=1S/C44H67N3O5/c1-28(2)37-32(48)25-44(20-23-47(24-21-45)27-29-11-9-10-22-46-29)19-14-31-30(38(37)44)12-13-34-42(31,7)17-15-33-41(5,6)35(16-18-43(33,34)8)52-36(49)26-40(3,4)39(50)51/h9-11,22,28,30-31,33-35H,12-21,23-27,45H2,1-8H3,(H,50,51). The van der Waals surface area contributed by atoms with Crippen LogP contribution in [-0.4, -0.2) is 58.5 Å². The van der Waals surface area contributed by atoms with Crippen molar-refractivity contribution in [1.29, 1.82) is 0 Å². The number of aromatic nitrogens is 1. The molecule has 8 heteroatoms. The second kappa shape index (κ2) is 14.2. The quantitative estimate of drug-likeness (QED) is 0.207. The van der Waals surface area contributed by atoms with Crippen LogP contribution in [0.25, 0.3) is 0 Å². The zero-order valence-corrected chi connectivity index (χ0v) is 33.4. The molecule has 1 heterocycles. The van der Waals surface area contributed by atoms with Crippen LogP contribution in [0.3, 0.4) is 0 Å². The number of carboxylic acid groups (broad SMARTS) is 1. The molecule has 52 heavy (non-hydrogen) atoms. The van der Waals surface area contributed by atoms with Crippen LogP contribution in [0.2, 0.25) is 0 Å². The first-order valence-electron chi connectivity index (χ1n) is 20.4. The van der Waals surface area contributed by atoms with Gasteiger partial charge in [-0.15, -0.1) is 0 Å². The Hall–Kier alpha value is -2.58. The lowest BCUT2D eigenvalue weighted by molar-refractivity contribution is -0.214. The van der Waals surface area contributed by atoms with E-state index in [0.29, 0.717) is 42.4 Å². The third-order valence-electron chi connectivity index (χ3n) is 15.6. The van der Waals surface area contributed by atoms with Crippen molar-refractivity contribution in [2.45, 2.75) is 139 Å². The molecular weight excluding hydrogens is 651 g/mol. The Kier molecular flexibility index (Phi) is 10.7. The van der Waals surface area contributed by atoms with Gasteiger partial charge in [0.2, 0.25) is 0 Å². The zero-order chi connectivity index (χ0) is 37.9. The number of fused-ring (bicyclic) bond motifs is 7. The smallest absolute Gasteiger partial charge is 0.309 e. The number of ether oxygens (including phenoxy) is 1. The van der Waals surface area contributed by atoms with Crippen molar-refractivity contribution < 1.29 is 24.2 Å². The number of nitrogens with zero attached hydrogens (tertiary/aromatic N) is 2. The van der Waals surface area contributed by atoms with Gasteiger partial charge in [-0.1, -0.05) is 53.2 Å². The number of esters is 1. The largest absolute Gasteiger partial charge is 0.481 e. The van der Waals surface area contributed by atoms with Crippen LogP contribution in [-0.2, 0) is 25.7 Å². The molecule has 6 rings (SSSR count). The predicted molar refractivity (Wildman–Crippen MR) is 204 cm³/mol. The van der Waals surface area contributed by atoms with Gasteiger partial charge in [0.25, 0.3) is 0 Å². The summed E-state index contributed by atoms with van der Waals surface area (Å²) in [4.78, 5) is 45.9. The minimum absolute atomic E-state index is 0.0573. The maximum absolute atomic E-state index is 14.0. The number of carboxylic acids is 1. The van der Waals surface area contributed by atoms with Gasteiger partial charge in [-0.2, -0.15) is 0 Å². The Balaban J connectivity index is 1.23. The molecule has 4 fully saturated rings. The first-order valence-corrected chi connectivity index (χ1v) is 20.4. The number of aliphatic carboxylic acids is 1. The molecule has 0 aromatic carbocycles. The maximum atomic E-state index is 14.0. The average molecular weight is 718 g/mol. The molecule has 0 spiro atoms. The maximum Gasteiger partial charge on any atom is 0.309 e. The van der Waals surface area contributed by atoms with E-state index in [1.165, 1.54) is 12.8 Å². The van der Waals surface area contributed by atoms with Crippen molar-refractivity contribution in [3.63, 3.8) is 0 Å². The molecule has 3 N–H and O–H groups in total. The Morgan fingerprint density at radius 1 is 1.00 bits per heavy atom. The van der Waals surface area contributed by atoms with Gasteiger partial charge in [-0.05, 0) is 136 Å². The monoisotopic (exact) mass is 718 g/mol. The number of hydrogen-bond donors (Lipinski definition) is 2. The predicted octanol–water partition coefficient (Wildman–Crippen LogP) is 8.24. The number of hydrogen-bond acceptors (Lipinski definition) is 7. The van der Waals surface area contributed by atoms with Gasteiger partial charge in [0, 0.05) is 43.1 Å². The number of nitrogens with two attached hydrogens (primary N) is 1. The summed E-state index contributed by atoms with van der Waals surface area (Å²) >= 11 is 0. The fraction of sp³-hybridized carbons (Fsp3) is 0.773. The lowest BCUT2D eigenvalue weighted by atomic mass is 9.36. The van der Waals surface area contributed by atoms with E-state index in [1.54, 1.807) is 19.4 Å². The second-order valence-electron chi connectivity index (χ2n) is 19.7. The summed E-state index contributed by atoms with van der Waals surface area (Å²) in [5, 5.41) is 9.60. The molecule has 8 nitrogen and oxygen atoms in total. The molecule has 0 saturated heterocycles. The zero-order valence-electron chi connectivity index (χ0n) is 33.4. The number of pyridine rings is 1. The Morgan fingerprint density at radius 2 is 1.73 bits per heavy atom. The van der Waals surface area contributed by atoms with E-state index in [2.05, 4.69) is 57.5 Å². The average Bonchev–Trinajstić information content (AvgIpc) is 3.37. The van der Waals surface area contributed by atoms with E-state index in [-0.39, 0.29) is 40.1 Å². The van der Waals surface area contributed by atoms with Crippen LogP contribution in [0.5, 0.6) is 0 Å². The third-order valence-corrected chi connectivity index (χ3v) is 15.6. The fourth-order valence-electron chi connectivity index (χ4n) is 13.1. The van der Waals surface area contributed by atoms with Crippen LogP contribution < -0.4 is 5.73 Å². The lowest BCUT2D eigenvalue weighted by Gasteiger charge is -2.69. The van der Waals surface area contributed by atoms with Gasteiger partial charge in [0.15, 0.2) is 5.78 Å². The molecule has 0 bridgehead atoms. The molecule has 0 aliphatic heterocycles. The van der Waals surface area contributed by atoms with Gasteiger partial charge in [0.05, 0.1) is 17.5 Å². The van der Waals surface area contributed by atoms with E-state index < -0.39 is 17.4 Å². The number of carbonyl (C=O) groups is 3. The molecule has 8 atom stereocenters. The van der Waals surface area contributed by atoms with Crippen LogP contribution in [0.1, 0.15) is 132 Å². The number of allylic oxidation sites excluding steroid dienone is 2. The van der Waals surface area contributed by atoms with E-state index in [4.69, 9.17) is 10.5 Å². The SMILES string of the molecule is CC(C)C1=C2C3CCC4C(C)(CCC5C(C)(C)C(OC(=O)CC(C)(C)C(=O)O)CCC54C)C3CCC2(CCN(CCN)Cc2ccccn2)CC1=O.